The van der Waals surface area contributed by atoms with Crippen molar-refractivity contribution in [2.24, 2.45) is 0 Å². The van der Waals surface area contributed by atoms with Crippen molar-refractivity contribution < 1.29 is 18.9 Å². The van der Waals surface area contributed by atoms with Crippen LogP contribution in [-0.4, -0.2) is 44.9 Å². The first-order chi connectivity index (χ1) is 8.57. The molecule has 0 aromatic heterocycles. The predicted octanol–water partition coefficient (Wildman–Crippen LogP) is 2.53. The van der Waals surface area contributed by atoms with Crippen LogP contribution in [0.4, 0.5) is 0 Å². The van der Waals surface area contributed by atoms with Crippen molar-refractivity contribution in [2.45, 2.75) is 51.6 Å². The van der Waals surface area contributed by atoms with E-state index in [9.17, 15) is 0 Å². The highest BCUT2D eigenvalue weighted by Gasteiger charge is 2.32. The van der Waals surface area contributed by atoms with Crippen molar-refractivity contribution in [1.29, 1.82) is 0 Å². The van der Waals surface area contributed by atoms with Gasteiger partial charge in [-0.2, -0.15) is 0 Å². The van der Waals surface area contributed by atoms with Gasteiger partial charge in [-0.05, 0) is 26.7 Å². The smallest absolute Gasteiger partial charge is 0.163 e. The fourth-order valence-corrected chi connectivity index (χ4v) is 1.82. The number of methoxy groups -OCH3 is 1. The zero-order valence-electron chi connectivity index (χ0n) is 12.0. The largest absolute Gasteiger partial charge is 0.379 e. The molecule has 2 atom stereocenters. The first-order valence-corrected chi connectivity index (χ1v) is 6.64. The van der Waals surface area contributed by atoms with Crippen molar-refractivity contribution in [3.05, 3.63) is 12.2 Å². The van der Waals surface area contributed by atoms with Crippen LogP contribution < -0.4 is 0 Å². The Morgan fingerprint density at radius 1 is 1.39 bits per heavy atom. The summed E-state index contributed by atoms with van der Waals surface area (Å²) in [6.07, 6.45) is 6.36. The second kappa shape index (κ2) is 7.89. The van der Waals surface area contributed by atoms with Crippen LogP contribution in [0.15, 0.2) is 12.2 Å². The maximum Gasteiger partial charge on any atom is 0.163 e. The van der Waals surface area contributed by atoms with Crippen molar-refractivity contribution >= 4 is 0 Å². The Morgan fingerprint density at radius 3 is 2.72 bits per heavy atom. The quantitative estimate of drug-likeness (QED) is 0.627. The minimum absolute atomic E-state index is 0.0312. The Bertz CT molecular complexity index is 250. The van der Waals surface area contributed by atoms with Gasteiger partial charge in [-0.3, -0.25) is 0 Å². The van der Waals surface area contributed by atoms with Gasteiger partial charge in [0.25, 0.3) is 0 Å². The zero-order valence-corrected chi connectivity index (χ0v) is 12.0. The van der Waals surface area contributed by atoms with Crippen LogP contribution in [0.5, 0.6) is 0 Å². The average Bonchev–Trinajstić information content (AvgIpc) is 2.67. The highest BCUT2D eigenvalue weighted by molar-refractivity contribution is 4.83. The predicted molar refractivity (Wildman–Crippen MR) is 70.6 cm³/mol. The Kier molecular flexibility index (Phi) is 6.86. The summed E-state index contributed by atoms with van der Waals surface area (Å²) < 4.78 is 22.1. The molecule has 1 heterocycles. The lowest BCUT2D eigenvalue weighted by atomic mass is 10.2. The van der Waals surface area contributed by atoms with Gasteiger partial charge in [0.05, 0.1) is 25.9 Å². The summed E-state index contributed by atoms with van der Waals surface area (Å²) in [6, 6.07) is 0. The molecule has 1 aliphatic rings. The molecule has 0 aromatic carbocycles. The van der Waals surface area contributed by atoms with E-state index in [0.29, 0.717) is 19.8 Å². The third-order valence-corrected chi connectivity index (χ3v) is 2.81. The van der Waals surface area contributed by atoms with Crippen LogP contribution in [0.1, 0.15) is 33.6 Å². The summed E-state index contributed by atoms with van der Waals surface area (Å²) in [4.78, 5) is 0. The zero-order chi connectivity index (χ0) is 13.4. The Balaban J connectivity index is 2.14. The van der Waals surface area contributed by atoms with E-state index >= 15 is 0 Å². The van der Waals surface area contributed by atoms with Crippen LogP contribution >= 0.6 is 0 Å². The molecular weight excluding hydrogens is 232 g/mol. The maximum absolute atomic E-state index is 5.66. The lowest BCUT2D eigenvalue weighted by molar-refractivity contribution is -0.146. The Hall–Kier alpha value is -0.420. The van der Waals surface area contributed by atoms with E-state index in [-0.39, 0.29) is 12.2 Å². The third-order valence-electron chi connectivity index (χ3n) is 2.81. The molecule has 1 rings (SSSR count). The van der Waals surface area contributed by atoms with Gasteiger partial charge in [0.2, 0.25) is 0 Å². The number of hydrogen-bond donors (Lipinski definition) is 0. The van der Waals surface area contributed by atoms with E-state index in [1.54, 1.807) is 7.11 Å². The molecule has 1 saturated heterocycles. The molecule has 0 amide bonds. The molecule has 0 aromatic rings. The number of ether oxygens (including phenoxy) is 4. The standard InChI is InChI=1S/C14H26O4/c1-5-6-7-8-12(15-4)9-16-10-13-11-17-14(2,3)18-13/h6-7,12-13H,5,8-11H2,1-4H3/b7-6+. The monoisotopic (exact) mass is 258 g/mol. The molecule has 4 heteroatoms. The van der Waals surface area contributed by atoms with Gasteiger partial charge in [-0.25, -0.2) is 0 Å². The lowest BCUT2D eigenvalue weighted by Gasteiger charge is -2.18. The first-order valence-electron chi connectivity index (χ1n) is 6.64. The minimum Gasteiger partial charge on any atom is -0.379 e. The normalized spacial score (nSPS) is 24.8. The van der Waals surface area contributed by atoms with Crippen LogP contribution in [0.25, 0.3) is 0 Å². The lowest BCUT2D eigenvalue weighted by Crippen LogP contribution is -2.26. The number of hydrogen-bond acceptors (Lipinski definition) is 4. The highest BCUT2D eigenvalue weighted by Crippen LogP contribution is 2.22. The molecule has 0 aliphatic carbocycles. The highest BCUT2D eigenvalue weighted by atomic mass is 16.7. The van der Waals surface area contributed by atoms with Crippen LogP contribution in [0, 0.1) is 0 Å². The molecule has 0 spiro atoms. The van der Waals surface area contributed by atoms with E-state index in [2.05, 4.69) is 19.1 Å². The topological polar surface area (TPSA) is 36.9 Å². The van der Waals surface area contributed by atoms with E-state index in [0.717, 1.165) is 12.8 Å². The van der Waals surface area contributed by atoms with Gasteiger partial charge < -0.3 is 18.9 Å². The molecule has 2 unspecified atom stereocenters. The summed E-state index contributed by atoms with van der Waals surface area (Å²) in [5.74, 6) is -0.474. The molecule has 0 bridgehead atoms. The maximum atomic E-state index is 5.66. The van der Waals surface area contributed by atoms with Crippen molar-refractivity contribution in [3.63, 3.8) is 0 Å². The van der Waals surface area contributed by atoms with Gasteiger partial charge >= 0.3 is 0 Å². The van der Waals surface area contributed by atoms with E-state index in [4.69, 9.17) is 18.9 Å². The van der Waals surface area contributed by atoms with E-state index < -0.39 is 5.79 Å². The SMILES string of the molecule is CC/C=C/CC(COCC1COC(C)(C)O1)OC. The van der Waals surface area contributed by atoms with Crippen LogP contribution in [-0.2, 0) is 18.9 Å². The number of rotatable bonds is 8. The summed E-state index contributed by atoms with van der Waals surface area (Å²) in [6.45, 7) is 7.70. The molecule has 0 N–H and O–H groups in total. The van der Waals surface area contributed by atoms with Crippen molar-refractivity contribution in [3.8, 4) is 0 Å². The van der Waals surface area contributed by atoms with Crippen molar-refractivity contribution in [1.82, 2.24) is 0 Å². The van der Waals surface area contributed by atoms with Gasteiger partial charge in [0, 0.05) is 7.11 Å². The summed E-state index contributed by atoms with van der Waals surface area (Å²) in [5.41, 5.74) is 0. The first kappa shape index (κ1) is 15.6. The van der Waals surface area contributed by atoms with E-state index in [1.807, 2.05) is 13.8 Å². The second-order valence-corrected chi connectivity index (χ2v) is 4.96. The molecule has 1 aliphatic heterocycles. The van der Waals surface area contributed by atoms with Crippen LogP contribution in [0.3, 0.4) is 0 Å². The van der Waals surface area contributed by atoms with E-state index in [1.165, 1.54) is 0 Å². The Labute approximate surface area is 110 Å². The van der Waals surface area contributed by atoms with Gasteiger partial charge in [-0.1, -0.05) is 19.1 Å². The molecule has 18 heavy (non-hydrogen) atoms. The van der Waals surface area contributed by atoms with Crippen molar-refractivity contribution in [2.75, 3.05) is 26.9 Å². The van der Waals surface area contributed by atoms with Crippen LogP contribution in [0.2, 0.25) is 0 Å². The number of allylic oxidation sites excluding steroid dienone is 1. The summed E-state index contributed by atoms with van der Waals surface area (Å²) in [5, 5.41) is 0. The third kappa shape index (κ3) is 5.96. The molecule has 0 saturated carbocycles. The Morgan fingerprint density at radius 2 is 2.17 bits per heavy atom. The molecule has 0 radical (unpaired) electrons. The van der Waals surface area contributed by atoms with Gasteiger partial charge in [0.15, 0.2) is 5.79 Å². The van der Waals surface area contributed by atoms with Gasteiger partial charge in [0.1, 0.15) is 6.10 Å². The molecule has 106 valence electrons. The fourth-order valence-electron chi connectivity index (χ4n) is 1.82. The average molecular weight is 258 g/mol. The van der Waals surface area contributed by atoms with Gasteiger partial charge in [-0.15, -0.1) is 0 Å². The fraction of sp³-hybridized carbons (Fsp3) is 0.857. The molecule has 4 nitrogen and oxygen atoms in total. The summed E-state index contributed by atoms with van der Waals surface area (Å²) in [7, 11) is 1.71. The minimum atomic E-state index is -0.474. The summed E-state index contributed by atoms with van der Waals surface area (Å²) >= 11 is 0. The second-order valence-electron chi connectivity index (χ2n) is 4.96. The molecule has 1 fully saturated rings. The molecular formula is C14H26O4.